The third-order valence-electron chi connectivity index (χ3n) is 5.80. The maximum absolute atomic E-state index is 12.8. The molecule has 29 heavy (non-hydrogen) atoms. The first-order valence-corrected chi connectivity index (χ1v) is 10.1. The van der Waals surface area contributed by atoms with E-state index in [1.807, 2.05) is 29.2 Å². The summed E-state index contributed by atoms with van der Waals surface area (Å²) in [6, 6.07) is 14.1. The van der Waals surface area contributed by atoms with Crippen LogP contribution in [0.3, 0.4) is 0 Å². The molecule has 0 saturated carbocycles. The summed E-state index contributed by atoms with van der Waals surface area (Å²) in [5, 5.41) is 10.6. The lowest BCUT2D eigenvalue weighted by Gasteiger charge is -2.26. The topological polar surface area (TPSA) is 78.1 Å². The molecule has 6 heteroatoms. The molecule has 1 aromatic heterocycles. The molecule has 2 N–H and O–H groups in total. The molecule has 0 bridgehead atoms. The van der Waals surface area contributed by atoms with Gasteiger partial charge in [-0.3, -0.25) is 14.7 Å². The monoisotopic (exact) mass is 390 g/mol. The minimum Gasteiger partial charge on any atom is -0.350 e. The van der Waals surface area contributed by atoms with Gasteiger partial charge in [0, 0.05) is 24.9 Å². The van der Waals surface area contributed by atoms with E-state index in [2.05, 4.69) is 47.6 Å². The van der Waals surface area contributed by atoms with E-state index in [0.717, 1.165) is 30.3 Å². The maximum Gasteiger partial charge on any atom is 0.272 e. The van der Waals surface area contributed by atoms with Gasteiger partial charge in [0.05, 0.1) is 11.6 Å². The normalized spacial score (nSPS) is 16.3. The molecule has 0 radical (unpaired) electrons. The second-order valence-corrected chi connectivity index (χ2v) is 7.71. The summed E-state index contributed by atoms with van der Waals surface area (Å²) in [6.45, 7) is 5.28. The fourth-order valence-corrected chi connectivity index (χ4v) is 4.03. The van der Waals surface area contributed by atoms with Crippen molar-refractivity contribution in [3.05, 3.63) is 64.8 Å². The number of aryl methyl sites for hydroxylation is 2. The van der Waals surface area contributed by atoms with Crippen LogP contribution in [-0.4, -0.2) is 40.0 Å². The number of carbonyl (C=O) groups excluding carboxylic acids is 2. The summed E-state index contributed by atoms with van der Waals surface area (Å²) >= 11 is 0. The summed E-state index contributed by atoms with van der Waals surface area (Å²) in [7, 11) is 0. The molecule has 3 aromatic rings. The van der Waals surface area contributed by atoms with Gasteiger partial charge < -0.3 is 10.2 Å². The molecule has 2 aromatic carbocycles. The molecule has 1 saturated heterocycles. The van der Waals surface area contributed by atoms with Gasteiger partial charge in [-0.05, 0) is 49.4 Å². The Kier molecular flexibility index (Phi) is 5.34. The molecule has 1 atom stereocenters. The summed E-state index contributed by atoms with van der Waals surface area (Å²) in [4.78, 5) is 27.2. The zero-order chi connectivity index (χ0) is 20.4. The number of hydrogen-bond donors (Lipinski definition) is 2. The highest BCUT2D eigenvalue weighted by atomic mass is 16.2. The van der Waals surface area contributed by atoms with Gasteiger partial charge >= 0.3 is 0 Å². The van der Waals surface area contributed by atoms with Crippen LogP contribution >= 0.6 is 0 Å². The van der Waals surface area contributed by atoms with Crippen molar-refractivity contribution in [2.45, 2.75) is 39.2 Å². The van der Waals surface area contributed by atoms with Crippen LogP contribution in [0, 0.1) is 13.8 Å². The van der Waals surface area contributed by atoms with Gasteiger partial charge in [-0.15, -0.1) is 0 Å². The predicted octanol–water partition coefficient (Wildman–Crippen LogP) is 3.66. The summed E-state index contributed by atoms with van der Waals surface area (Å²) in [5.41, 5.74) is 4.90. The Morgan fingerprint density at radius 3 is 2.83 bits per heavy atom. The number of aromatic amines is 1. The Labute approximate surface area is 170 Å². The summed E-state index contributed by atoms with van der Waals surface area (Å²) in [6.07, 6.45) is 2.28. The Morgan fingerprint density at radius 1 is 1.17 bits per heavy atom. The van der Waals surface area contributed by atoms with E-state index in [9.17, 15) is 9.59 Å². The molecule has 1 aliphatic heterocycles. The molecule has 6 nitrogen and oxygen atoms in total. The largest absolute Gasteiger partial charge is 0.350 e. The fourth-order valence-electron chi connectivity index (χ4n) is 4.03. The van der Waals surface area contributed by atoms with Crippen LogP contribution in [0.25, 0.3) is 10.9 Å². The van der Waals surface area contributed by atoms with Crippen molar-refractivity contribution in [3.63, 3.8) is 0 Å². The molecule has 150 valence electrons. The molecule has 0 spiro atoms. The van der Waals surface area contributed by atoms with Crippen molar-refractivity contribution >= 4 is 22.7 Å². The minimum atomic E-state index is -0.262. The summed E-state index contributed by atoms with van der Waals surface area (Å²) in [5.74, 6) is -0.180. The third kappa shape index (κ3) is 3.88. The third-order valence-corrected chi connectivity index (χ3v) is 5.80. The zero-order valence-electron chi connectivity index (χ0n) is 16.9. The molecule has 1 unspecified atom stereocenters. The lowest BCUT2D eigenvalue weighted by atomic mass is 9.99. The van der Waals surface area contributed by atoms with Crippen LogP contribution in [0.5, 0.6) is 0 Å². The second-order valence-electron chi connectivity index (χ2n) is 7.71. The van der Waals surface area contributed by atoms with Crippen LogP contribution in [0.4, 0.5) is 0 Å². The lowest BCUT2D eigenvalue weighted by molar-refractivity contribution is -0.132. The molecule has 0 aliphatic carbocycles. The van der Waals surface area contributed by atoms with E-state index in [0.29, 0.717) is 12.2 Å². The number of carbonyl (C=O) groups is 2. The highest BCUT2D eigenvalue weighted by Gasteiger charge is 2.29. The zero-order valence-corrected chi connectivity index (χ0v) is 16.9. The number of para-hydroxylation sites is 1. The van der Waals surface area contributed by atoms with E-state index in [-0.39, 0.29) is 24.3 Å². The van der Waals surface area contributed by atoms with E-state index >= 15 is 0 Å². The lowest BCUT2D eigenvalue weighted by Crippen LogP contribution is -2.34. The number of rotatable bonds is 5. The Hall–Kier alpha value is -3.15. The van der Waals surface area contributed by atoms with Crippen LogP contribution < -0.4 is 5.32 Å². The van der Waals surface area contributed by atoms with E-state index in [4.69, 9.17) is 0 Å². The number of likely N-dealkylation sites (tertiary alicyclic amines) is 1. The van der Waals surface area contributed by atoms with Gasteiger partial charge in [0.25, 0.3) is 5.91 Å². The number of H-pyrrole nitrogens is 1. The van der Waals surface area contributed by atoms with Gasteiger partial charge in [0.1, 0.15) is 0 Å². The van der Waals surface area contributed by atoms with E-state index in [1.165, 1.54) is 16.7 Å². The number of amides is 2. The minimum absolute atomic E-state index is 0.0814. The number of aromatic nitrogens is 2. The number of benzene rings is 2. The second kappa shape index (κ2) is 8.07. The van der Waals surface area contributed by atoms with Crippen LogP contribution in [0.15, 0.2) is 42.5 Å². The molecule has 2 amide bonds. The maximum atomic E-state index is 12.8. The molecule has 1 fully saturated rings. The first-order valence-electron chi connectivity index (χ1n) is 10.1. The highest BCUT2D eigenvalue weighted by molar-refractivity contribution is 6.04. The molecule has 4 rings (SSSR count). The van der Waals surface area contributed by atoms with Gasteiger partial charge in [0.2, 0.25) is 5.91 Å². The first kappa shape index (κ1) is 19.2. The molecule has 1 aliphatic rings. The quantitative estimate of drug-likeness (QED) is 0.698. The highest BCUT2D eigenvalue weighted by Crippen LogP contribution is 2.33. The van der Waals surface area contributed by atoms with Crippen molar-refractivity contribution in [2.75, 3.05) is 13.1 Å². The molecular weight excluding hydrogens is 364 g/mol. The summed E-state index contributed by atoms with van der Waals surface area (Å²) < 4.78 is 0. The standard InChI is InChI=1S/C23H26N4O2/c1-15-9-10-17(14-16(15)2)20-8-5-13-27(20)21(28)11-12-24-23(29)22-18-6-3-4-7-19(18)25-26-22/h3-4,6-7,9-10,14,20H,5,8,11-13H2,1-2H3,(H,24,29)(H,25,26). The van der Waals surface area contributed by atoms with Gasteiger partial charge in [-0.1, -0.05) is 36.4 Å². The first-order chi connectivity index (χ1) is 14.0. The Morgan fingerprint density at radius 2 is 2.00 bits per heavy atom. The molecule has 2 heterocycles. The van der Waals surface area contributed by atoms with Gasteiger partial charge in [-0.2, -0.15) is 5.10 Å². The number of hydrogen-bond acceptors (Lipinski definition) is 3. The molecular formula is C23H26N4O2. The van der Waals surface area contributed by atoms with Crippen molar-refractivity contribution in [3.8, 4) is 0 Å². The van der Waals surface area contributed by atoms with Crippen molar-refractivity contribution in [1.82, 2.24) is 20.4 Å². The Bertz CT molecular complexity index is 1060. The Balaban J connectivity index is 1.36. The van der Waals surface area contributed by atoms with Crippen molar-refractivity contribution in [1.29, 1.82) is 0 Å². The van der Waals surface area contributed by atoms with Gasteiger partial charge in [0.15, 0.2) is 5.69 Å². The van der Waals surface area contributed by atoms with Crippen molar-refractivity contribution < 1.29 is 9.59 Å². The smallest absolute Gasteiger partial charge is 0.272 e. The number of fused-ring (bicyclic) bond motifs is 1. The average Bonchev–Trinajstić information content (AvgIpc) is 3.37. The van der Waals surface area contributed by atoms with Crippen LogP contribution in [-0.2, 0) is 4.79 Å². The van der Waals surface area contributed by atoms with Crippen molar-refractivity contribution in [2.24, 2.45) is 0 Å². The van der Waals surface area contributed by atoms with E-state index in [1.54, 1.807) is 0 Å². The van der Waals surface area contributed by atoms with E-state index < -0.39 is 0 Å². The number of nitrogens with one attached hydrogen (secondary N) is 2. The SMILES string of the molecule is Cc1ccc(C2CCCN2C(=O)CCNC(=O)c2n[nH]c3ccccc23)cc1C. The number of nitrogens with zero attached hydrogens (tertiary/aromatic N) is 2. The predicted molar refractivity (Wildman–Crippen MR) is 113 cm³/mol. The van der Waals surface area contributed by atoms with Crippen LogP contribution in [0.2, 0.25) is 0 Å². The van der Waals surface area contributed by atoms with Crippen LogP contribution in [0.1, 0.15) is 52.5 Å². The van der Waals surface area contributed by atoms with Gasteiger partial charge in [-0.25, -0.2) is 0 Å². The fraction of sp³-hybridized carbons (Fsp3) is 0.348. The average molecular weight is 390 g/mol.